The number of hydrogen-bond donors (Lipinski definition) is 0. The molecule has 0 atom stereocenters. The van der Waals surface area contributed by atoms with E-state index in [0.29, 0.717) is 31.1 Å². The Hall–Kier alpha value is -3.98. The summed E-state index contributed by atoms with van der Waals surface area (Å²) in [4.78, 5) is 44.2. The molecule has 0 aliphatic carbocycles. The summed E-state index contributed by atoms with van der Waals surface area (Å²) in [6, 6.07) is 19.8. The molecule has 2 aliphatic rings. The van der Waals surface area contributed by atoms with Crippen LogP contribution in [0.4, 0.5) is 10.5 Å². The predicted octanol–water partition coefficient (Wildman–Crippen LogP) is 4.49. The van der Waals surface area contributed by atoms with Crippen LogP contribution in [0.15, 0.2) is 65.6 Å². The van der Waals surface area contributed by atoms with Gasteiger partial charge in [-0.15, -0.1) is 0 Å². The number of para-hydroxylation sites is 1. The van der Waals surface area contributed by atoms with Crippen LogP contribution in [-0.2, 0) is 9.59 Å². The smallest absolute Gasteiger partial charge is 0.294 e. The number of anilines is 1. The monoisotopic (exact) mass is 530 g/mol. The summed E-state index contributed by atoms with van der Waals surface area (Å²) < 4.78 is 7.35. The molecule has 0 radical (unpaired) electrons. The lowest BCUT2D eigenvalue weighted by atomic mass is 10.2. The number of aromatic nitrogens is 1. The van der Waals surface area contributed by atoms with Gasteiger partial charge in [-0.3, -0.25) is 19.3 Å². The van der Waals surface area contributed by atoms with Crippen molar-refractivity contribution in [3.8, 4) is 11.4 Å². The third-order valence-electron chi connectivity index (χ3n) is 7.01. The maximum absolute atomic E-state index is 13.1. The van der Waals surface area contributed by atoms with Crippen LogP contribution < -0.4 is 9.64 Å². The molecule has 0 unspecified atom stereocenters. The van der Waals surface area contributed by atoms with E-state index in [4.69, 9.17) is 4.74 Å². The summed E-state index contributed by atoms with van der Waals surface area (Å²) in [6.45, 7) is 6.26. The van der Waals surface area contributed by atoms with Crippen LogP contribution in [0.3, 0.4) is 0 Å². The van der Waals surface area contributed by atoms with E-state index in [-0.39, 0.29) is 12.5 Å². The molecule has 3 aromatic rings. The lowest BCUT2D eigenvalue weighted by molar-refractivity contribution is -0.136. The number of ether oxygens (including phenoxy) is 1. The van der Waals surface area contributed by atoms with Crippen LogP contribution in [0, 0.1) is 13.8 Å². The first kappa shape index (κ1) is 25.7. The van der Waals surface area contributed by atoms with Crippen LogP contribution in [0.25, 0.3) is 11.8 Å². The van der Waals surface area contributed by atoms with E-state index < -0.39 is 11.1 Å². The van der Waals surface area contributed by atoms with E-state index >= 15 is 0 Å². The van der Waals surface area contributed by atoms with Crippen molar-refractivity contribution in [1.82, 2.24) is 14.4 Å². The van der Waals surface area contributed by atoms with Gasteiger partial charge in [-0.25, -0.2) is 0 Å². The number of methoxy groups -OCH3 is 1. The van der Waals surface area contributed by atoms with Crippen LogP contribution in [0.1, 0.15) is 17.0 Å². The number of hydrogen-bond acceptors (Lipinski definition) is 6. The van der Waals surface area contributed by atoms with Crippen LogP contribution in [0.5, 0.6) is 5.75 Å². The van der Waals surface area contributed by atoms with Gasteiger partial charge in [-0.2, -0.15) is 0 Å². The molecule has 1 aromatic heterocycles. The van der Waals surface area contributed by atoms with Gasteiger partial charge in [0.1, 0.15) is 12.3 Å². The van der Waals surface area contributed by atoms with E-state index in [2.05, 4.69) is 21.6 Å². The van der Waals surface area contributed by atoms with E-state index in [9.17, 15) is 14.4 Å². The van der Waals surface area contributed by atoms with Crippen LogP contribution in [-0.4, -0.2) is 71.3 Å². The van der Waals surface area contributed by atoms with Gasteiger partial charge in [-0.05, 0) is 79.7 Å². The highest BCUT2D eigenvalue weighted by Crippen LogP contribution is 2.34. The number of carbonyl (C=O) groups excluding carboxylic acids is 3. The predicted molar refractivity (Wildman–Crippen MR) is 150 cm³/mol. The van der Waals surface area contributed by atoms with E-state index in [1.54, 1.807) is 18.1 Å². The number of amides is 3. The van der Waals surface area contributed by atoms with Crippen LogP contribution >= 0.6 is 11.8 Å². The van der Waals surface area contributed by atoms with Crippen LogP contribution in [0.2, 0.25) is 0 Å². The molecule has 3 heterocycles. The molecule has 3 amide bonds. The number of aryl methyl sites for hydroxylation is 1. The van der Waals surface area contributed by atoms with Crippen molar-refractivity contribution in [2.75, 3.05) is 44.7 Å². The molecule has 5 rings (SSSR count). The molecule has 2 aliphatic heterocycles. The highest BCUT2D eigenvalue weighted by molar-refractivity contribution is 8.18. The van der Waals surface area contributed by atoms with E-state index in [0.717, 1.165) is 50.7 Å². The molecule has 9 heteroatoms. The zero-order valence-corrected chi connectivity index (χ0v) is 22.5. The molecule has 0 bridgehead atoms. The number of imide groups is 1. The molecule has 2 fully saturated rings. The lowest BCUT2D eigenvalue weighted by Crippen LogP contribution is -2.51. The first-order chi connectivity index (χ1) is 18.4. The highest BCUT2D eigenvalue weighted by atomic mass is 32.2. The Morgan fingerprint density at radius 1 is 0.947 bits per heavy atom. The number of carbonyl (C=O) groups is 3. The Bertz CT molecular complexity index is 1390. The Labute approximate surface area is 226 Å². The van der Waals surface area contributed by atoms with Gasteiger partial charge in [0, 0.05) is 48.9 Å². The minimum Gasteiger partial charge on any atom is -0.497 e. The van der Waals surface area contributed by atoms with Crippen molar-refractivity contribution in [3.05, 3.63) is 82.5 Å². The second-order valence-electron chi connectivity index (χ2n) is 9.33. The molecule has 8 nitrogen and oxygen atoms in total. The van der Waals surface area contributed by atoms with E-state index in [1.807, 2.05) is 62.4 Å². The average Bonchev–Trinajstić information content (AvgIpc) is 3.37. The Morgan fingerprint density at radius 2 is 1.63 bits per heavy atom. The second kappa shape index (κ2) is 10.8. The zero-order valence-electron chi connectivity index (χ0n) is 21.7. The third kappa shape index (κ3) is 5.06. The summed E-state index contributed by atoms with van der Waals surface area (Å²) >= 11 is 0.881. The van der Waals surface area contributed by atoms with Crippen molar-refractivity contribution in [1.29, 1.82) is 0 Å². The van der Waals surface area contributed by atoms with Crippen molar-refractivity contribution in [2.24, 2.45) is 0 Å². The summed E-state index contributed by atoms with van der Waals surface area (Å²) in [5.41, 5.74) is 4.91. The fourth-order valence-electron chi connectivity index (χ4n) is 4.93. The summed E-state index contributed by atoms with van der Waals surface area (Å²) in [5.74, 6) is 0.141. The first-order valence-corrected chi connectivity index (χ1v) is 13.3. The maximum atomic E-state index is 13.1. The molecule has 0 saturated carbocycles. The number of rotatable bonds is 6. The number of nitrogens with zero attached hydrogens (tertiary/aromatic N) is 4. The molecular formula is C29H30N4O4S. The van der Waals surface area contributed by atoms with Gasteiger partial charge in [-0.1, -0.05) is 18.2 Å². The maximum Gasteiger partial charge on any atom is 0.294 e. The quantitative estimate of drug-likeness (QED) is 0.438. The Balaban J connectivity index is 1.26. The minimum atomic E-state index is -0.425. The van der Waals surface area contributed by atoms with Crippen molar-refractivity contribution >= 4 is 40.6 Å². The summed E-state index contributed by atoms with van der Waals surface area (Å²) in [7, 11) is 1.63. The molecule has 0 spiro atoms. The van der Waals surface area contributed by atoms with Gasteiger partial charge in [0.25, 0.3) is 11.1 Å². The third-order valence-corrected chi connectivity index (χ3v) is 7.92. The van der Waals surface area contributed by atoms with Gasteiger partial charge < -0.3 is 19.1 Å². The first-order valence-electron chi connectivity index (χ1n) is 12.5. The molecule has 2 saturated heterocycles. The van der Waals surface area contributed by atoms with E-state index in [1.165, 1.54) is 0 Å². The van der Waals surface area contributed by atoms with Crippen molar-refractivity contribution < 1.29 is 19.1 Å². The number of thioether (sulfide) groups is 1. The topological polar surface area (TPSA) is 75.1 Å². The SMILES string of the molecule is COc1ccc(-n2c(C)cc(/C=C3/SC(=O)N(CC(=O)N4CCN(c5ccccc5)CC4)C3=O)c2C)cc1. The standard InChI is InChI=1S/C29H30N4O4S/c1-20-17-22(21(2)33(20)24-9-11-25(37-3)12-10-24)18-26-28(35)32(29(36)38-26)19-27(34)31-15-13-30(14-16-31)23-7-5-4-6-8-23/h4-12,17-18H,13-16,19H2,1-3H3/b26-18+. The lowest BCUT2D eigenvalue weighted by Gasteiger charge is -2.36. The Morgan fingerprint density at radius 3 is 2.29 bits per heavy atom. The fraction of sp³-hybridized carbons (Fsp3) is 0.276. The molecular weight excluding hydrogens is 500 g/mol. The molecule has 2 aromatic carbocycles. The van der Waals surface area contributed by atoms with Gasteiger partial charge >= 0.3 is 0 Å². The number of benzene rings is 2. The van der Waals surface area contributed by atoms with Gasteiger partial charge in [0.2, 0.25) is 5.91 Å². The molecule has 196 valence electrons. The van der Waals surface area contributed by atoms with Crippen molar-refractivity contribution in [3.63, 3.8) is 0 Å². The average molecular weight is 531 g/mol. The normalized spacial score (nSPS) is 17.0. The number of piperazine rings is 1. The van der Waals surface area contributed by atoms with Gasteiger partial charge in [0.15, 0.2) is 0 Å². The second-order valence-corrected chi connectivity index (χ2v) is 10.3. The minimum absolute atomic E-state index is 0.209. The largest absolute Gasteiger partial charge is 0.497 e. The zero-order chi connectivity index (χ0) is 26.8. The molecule has 38 heavy (non-hydrogen) atoms. The molecule has 0 N–H and O–H groups in total. The van der Waals surface area contributed by atoms with Crippen molar-refractivity contribution in [2.45, 2.75) is 13.8 Å². The summed E-state index contributed by atoms with van der Waals surface area (Å²) in [5, 5.41) is -0.415. The highest BCUT2D eigenvalue weighted by Gasteiger charge is 2.37. The summed E-state index contributed by atoms with van der Waals surface area (Å²) in [6.07, 6.45) is 1.75. The Kier molecular flexibility index (Phi) is 7.28. The fourth-order valence-corrected chi connectivity index (χ4v) is 5.76. The van der Waals surface area contributed by atoms with Gasteiger partial charge in [0.05, 0.1) is 12.0 Å².